The summed E-state index contributed by atoms with van der Waals surface area (Å²) in [7, 11) is 0. The molecule has 29 heavy (non-hydrogen) atoms. The predicted octanol–water partition coefficient (Wildman–Crippen LogP) is 3.22. The highest BCUT2D eigenvalue weighted by molar-refractivity contribution is 6.30. The molecule has 2 aromatic rings. The summed E-state index contributed by atoms with van der Waals surface area (Å²) < 4.78 is 0. The molecule has 3 N–H and O–H groups in total. The number of hydrogen-bond acceptors (Lipinski definition) is 6. The van der Waals surface area contributed by atoms with Gasteiger partial charge >= 0.3 is 0 Å². The van der Waals surface area contributed by atoms with Crippen molar-refractivity contribution in [1.82, 2.24) is 20.3 Å². The lowest BCUT2D eigenvalue weighted by Gasteiger charge is -2.17. The van der Waals surface area contributed by atoms with Crippen molar-refractivity contribution in [1.29, 1.82) is 0 Å². The Morgan fingerprint density at radius 2 is 2.00 bits per heavy atom. The summed E-state index contributed by atoms with van der Waals surface area (Å²) in [6.07, 6.45) is 7.96. The minimum Gasteiger partial charge on any atom is -0.365 e. The van der Waals surface area contributed by atoms with Crippen LogP contribution in [-0.4, -0.2) is 51.7 Å². The first kappa shape index (κ1) is 25.1. The van der Waals surface area contributed by atoms with Crippen molar-refractivity contribution in [3.63, 3.8) is 0 Å². The van der Waals surface area contributed by atoms with E-state index in [-0.39, 0.29) is 24.8 Å². The summed E-state index contributed by atoms with van der Waals surface area (Å²) in [5.41, 5.74) is 3.36. The number of hydroxylamine groups is 1. The molecule has 1 aliphatic rings. The molecule has 1 fully saturated rings. The maximum Gasteiger partial charge on any atom is 0.267 e. The van der Waals surface area contributed by atoms with Crippen molar-refractivity contribution < 1.29 is 10.0 Å². The lowest BCUT2D eigenvalue weighted by atomic mass is 10.1. The third-order valence-electron chi connectivity index (χ3n) is 4.44. The molecule has 10 heteroatoms. The summed E-state index contributed by atoms with van der Waals surface area (Å²) in [4.78, 5) is 21.9. The normalized spacial score (nSPS) is 16.1. The van der Waals surface area contributed by atoms with Crippen molar-refractivity contribution in [3.05, 3.63) is 59.0 Å². The smallest absolute Gasteiger partial charge is 0.267 e. The van der Waals surface area contributed by atoms with Gasteiger partial charge < -0.3 is 10.2 Å². The number of rotatable bonds is 7. The van der Waals surface area contributed by atoms with Crippen LogP contribution >= 0.6 is 36.4 Å². The lowest BCUT2D eigenvalue weighted by molar-refractivity contribution is -0.124. The zero-order valence-electron chi connectivity index (χ0n) is 15.6. The molecule has 0 radical (unpaired) electrons. The molecule has 1 aromatic heterocycles. The number of benzene rings is 1. The number of hydrogen-bond donors (Lipinski definition) is 3. The molecule has 0 aliphatic carbocycles. The summed E-state index contributed by atoms with van der Waals surface area (Å²) in [6.45, 7) is 3.03. The fourth-order valence-electron chi connectivity index (χ4n) is 3.00. The first-order valence-electron chi connectivity index (χ1n) is 8.80. The Morgan fingerprint density at radius 1 is 1.24 bits per heavy atom. The molecular formula is C19H24Cl3N5O2. The highest BCUT2D eigenvalue weighted by Crippen LogP contribution is 2.16. The van der Waals surface area contributed by atoms with E-state index in [0.29, 0.717) is 17.6 Å². The third-order valence-corrected chi connectivity index (χ3v) is 4.69. The van der Waals surface area contributed by atoms with Gasteiger partial charge in [0.05, 0.1) is 18.1 Å². The van der Waals surface area contributed by atoms with Gasteiger partial charge in [-0.05, 0) is 36.6 Å². The number of likely N-dealkylation sites (tertiary alicyclic amines) is 1. The van der Waals surface area contributed by atoms with E-state index in [9.17, 15) is 4.79 Å². The molecule has 0 saturated carbocycles. The maximum absolute atomic E-state index is 11.0. The Balaban J connectivity index is 0.00000210. The minimum atomic E-state index is -0.608. The van der Waals surface area contributed by atoms with E-state index >= 15 is 0 Å². The van der Waals surface area contributed by atoms with Crippen LogP contribution in [0.1, 0.15) is 17.7 Å². The third kappa shape index (κ3) is 8.16. The van der Waals surface area contributed by atoms with Gasteiger partial charge in [-0.2, -0.15) is 0 Å². The minimum absolute atomic E-state index is 0. The molecular weight excluding hydrogens is 437 g/mol. The Labute approximate surface area is 187 Å². The van der Waals surface area contributed by atoms with E-state index in [0.717, 1.165) is 37.5 Å². The van der Waals surface area contributed by atoms with Gasteiger partial charge in [-0.3, -0.25) is 15.0 Å². The highest BCUT2D eigenvalue weighted by atomic mass is 35.5. The number of amides is 1. The van der Waals surface area contributed by atoms with Crippen LogP contribution in [0.3, 0.4) is 0 Å². The number of halogens is 3. The Hall–Kier alpha value is -1.90. The Morgan fingerprint density at radius 3 is 2.66 bits per heavy atom. The molecule has 0 unspecified atom stereocenters. The zero-order chi connectivity index (χ0) is 19.1. The number of aromatic nitrogens is 2. The fourth-order valence-corrected chi connectivity index (χ4v) is 3.12. The molecule has 1 saturated heterocycles. The summed E-state index contributed by atoms with van der Waals surface area (Å²) in [5, 5.41) is 12.6. The molecule has 1 amide bonds. The van der Waals surface area contributed by atoms with Gasteiger partial charge in [0.25, 0.3) is 5.91 Å². The van der Waals surface area contributed by atoms with Crippen LogP contribution in [-0.2, 0) is 11.2 Å². The van der Waals surface area contributed by atoms with Gasteiger partial charge in [-0.15, -0.1) is 24.8 Å². The largest absolute Gasteiger partial charge is 0.365 e. The average molecular weight is 461 g/mol. The standard InChI is InChI=1S/C19H22ClN5O2.2ClH/c20-15-3-1-14(2-4-15)7-9-25-10-8-17(13-25)23-18-12-21-16(11-22-18)5-6-19(26)24-27;;/h1-6,11-12,17,27H,7-10,13H2,(H,22,23)(H,24,26);2*1H/t17-;;/m1../s1. The highest BCUT2D eigenvalue weighted by Gasteiger charge is 2.22. The van der Waals surface area contributed by atoms with Gasteiger partial charge in [-0.1, -0.05) is 23.7 Å². The van der Waals surface area contributed by atoms with Gasteiger partial charge in [0, 0.05) is 36.8 Å². The first-order valence-corrected chi connectivity index (χ1v) is 9.18. The Kier molecular flexibility index (Phi) is 10.9. The van der Waals surface area contributed by atoms with E-state index in [2.05, 4.69) is 32.3 Å². The summed E-state index contributed by atoms with van der Waals surface area (Å²) >= 11 is 5.92. The average Bonchev–Trinajstić information content (AvgIpc) is 3.14. The van der Waals surface area contributed by atoms with E-state index in [1.807, 2.05) is 12.1 Å². The molecule has 1 atom stereocenters. The van der Waals surface area contributed by atoms with E-state index in [1.165, 1.54) is 23.2 Å². The van der Waals surface area contributed by atoms with Crippen LogP contribution in [0.15, 0.2) is 42.7 Å². The van der Waals surface area contributed by atoms with Crippen LogP contribution in [0.4, 0.5) is 5.82 Å². The van der Waals surface area contributed by atoms with Crippen molar-refractivity contribution in [2.75, 3.05) is 25.0 Å². The number of carbonyl (C=O) groups excluding carboxylic acids is 1. The van der Waals surface area contributed by atoms with Crippen LogP contribution in [0.5, 0.6) is 0 Å². The number of anilines is 1. The molecule has 0 bridgehead atoms. The van der Waals surface area contributed by atoms with Gasteiger partial charge in [0.2, 0.25) is 0 Å². The van der Waals surface area contributed by atoms with Gasteiger partial charge in [-0.25, -0.2) is 10.5 Å². The van der Waals surface area contributed by atoms with E-state index < -0.39 is 5.91 Å². The zero-order valence-corrected chi connectivity index (χ0v) is 18.0. The molecule has 7 nitrogen and oxygen atoms in total. The number of nitrogens with one attached hydrogen (secondary N) is 2. The summed E-state index contributed by atoms with van der Waals surface area (Å²) in [5.74, 6) is 0.104. The molecule has 1 aliphatic heterocycles. The second-order valence-electron chi connectivity index (χ2n) is 6.44. The van der Waals surface area contributed by atoms with Gasteiger partial charge in [0.1, 0.15) is 5.82 Å². The lowest BCUT2D eigenvalue weighted by Crippen LogP contribution is -2.28. The predicted molar refractivity (Wildman–Crippen MR) is 119 cm³/mol. The molecule has 2 heterocycles. The first-order chi connectivity index (χ1) is 13.1. The van der Waals surface area contributed by atoms with Crippen molar-refractivity contribution in [2.45, 2.75) is 18.9 Å². The topological polar surface area (TPSA) is 90.4 Å². The van der Waals surface area contributed by atoms with E-state index in [4.69, 9.17) is 16.8 Å². The maximum atomic E-state index is 11.0. The van der Waals surface area contributed by atoms with E-state index in [1.54, 1.807) is 12.4 Å². The fraction of sp³-hybridized carbons (Fsp3) is 0.316. The number of nitrogens with zero attached hydrogens (tertiary/aromatic N) is 3. The van der Waals surface area contributed by atoms with Crippen LogP contribution in [0.25, 0.3) is 6.08 Å². The van der Waals surface area contributed by atoms with Gasteiger partial charge in [0.15, 0.2) is 0 Å². The SMILES string of the molecule is Cl.Cl.O=C(C=Cc1cnc(N[C@@H]2CCN(CCc3ccc(Cl)cc3)C2)cn1)NO. The van der Waals surface area contributed by atoms with Crippen molar-refractivity contribution in [2.24, 2.45) is 0 Å². The Bertz CT molecular complexity index is 787. The van der Waals surface area contributed by atoms with Crippen LogP contribution in [0, 0.1) is 0 Å². The quantitative estimate of drug-likeness (QED) is 0.334. The van der Waals surface area contributed by atoms with Crippen molar-refractivity contribution in [3.8, 4) is 0 Å². The second kappa shape index (κ2) is 12.6. The molecule has 0 spiro atoms. The molecule has 1 aromatic carbocycles. The molecule has 3 rings (SSSR count). The monoisotopic (exact) mass is 459 g/mol. The number of carbonyl (C=O) groups is 1. The van der Waals surface area contributed by atoms with Crippen LogP contribution < -0.4 is 10.8 Å². The van der Waals surface area contributed by atoms with Crippen molar-refractivity contribution >= 4 is 54.2 Å². The molecule has 158 valence electrons. The van der Waals surface area contributed by atoms with Crippen LogP contribution in [0.2, 0.25) is 5.02 Å². The second-order valence-corrected chi connectivity index (χ2v) is 6.88. The summed E-state index contributed by atoms with van der Waals surface area (Å²) in [6, 6.07) is 8.34.